The molecule has 4 heterocycles. The Hall–Kier alpha value is -4.01. The van der Waals surface area contributed by atoms with Gasteiger partial charge in [-0.3, -0.25) is 9.59 Å². The van der Waals surface area contributed by atoms with Crippen LogP contribution in [0.2, 0.25) is 0 Å². The summed E-state index contributed by atoms with van der Waals surface area (Å²) in [4.78, 5) is 34.8. The van der Waals surface area contributed by atoms with Crippen LogP contribution in [-0.2, 0) is 10.3 Å². The topological polar surface area (TPSA) is 108 Å². The molecule has 0 saturated carbocycles. The Morgan fingerprint density at radius 2 is 1.89 bits per heavy atom. The highest BCUT2D eigenvalue weighted by Crippen LogP contribution is 2.35. The molecule has 2 aromatic heterocycles. The number of nitrogens with one attached hydrogen (secondary N) is 1. The smallest absolute Gasteiger partial charge is 0.254 e. The molecular weight excluding hydrogens is 458 g/mol. The van der Waals surface area contributed by atoms with Gasteiger partial charge in [0.1, 0.15) is 13.2 Å². The number of aliphatic imine (C=N–C) groups is 1. The number of amides is 2. The number of aromatic nitrogens is 3. The Balaban J connectivity index is 1.54. The summed E-state index contributed by atoms with van der Waals surface area (Å²) in [6.45, 7) is 10.9. The van der Waals surface area contributed by atoms with Crippen molar-refractivity contribution in [3.05, 3.63) is 47.7 Å². The summed E-state index contributed by atoms with van der Waals surface area (Å²) in [5.41, 5.74) is 3.65. The molecule has 0 radical (unpaired) electrons. The van der Waals surface area contributed by atoms with Gasteiger partial charge in [0.15, 0.2) is 17.1 Å². The molecule has 9 heteroatoms. The number of fused-ring (bicyclic) bond motifs is 2. The lowest BCUT2D eigenvalue weighted by Gasteiger charge is -2.21. The largest absolute Gasteiger partial charge is 0.486 e. The van der Waals surface area contributed by atoms with E-state index in [4.69, 9.17) is 14.5 Å². The van der Waals surface area contributed by atoms with Crippen molar-refractivity contribution in [3.63, 3.8) is 0 Å². The quantitative estimate of drug-likeness (QED) is 0.598. The molecule has 0 aliphatic carbocycles. The van der Waals surface area contributed by atoms with E-state index in [-0.39, 0.29) is 23.9 Å². The number of hydrogen-bond acceptors (Lipinski definition) is 6. The SMILES string of the molecule is CC1=CC(C)=NC(=O)C1CNC(=O)c1cc(-c2ccc3c(c2)OCCO3)nc2c1cnn2C(C)(C)C. The minimum absolute atomic E-state index is 0.160. The fraction of sp³-hybridized carbons (Fsp3) is 0.370. The highest BCUT2D eigenvalue weighted by molar-refractivity contribution is 6.08. The second-order valence-electron chi connectivity index (χ2n) is 10.1. The van der Waals surface area contributed by atoms with Gasteiger partial charge < -0.3 is 14.8 Å². The van der Waals surface area contributed by atoms with Gasteiger partial charge >= 0.3 is 0 Å². The van der Waals surface area contributed by atoms with Crippen LogP contribution in [0.5, 0.6) is 11.5 Å². The number of rotatable bonds is 4. The monoisotopic (exact) mass is 487 g/mol. The zero-order valence-corrected chi connectivity index (χ0v) is 21.1. The van der Waals surface area contributed by atoms with E-state index in [0.717, 1.165) is 11.1 Å². The molecule has 0 fully saturated rings. The van der Waals surface area contributed by atoms with Gasteiger partial charge in [-0.05, 0) is 65.0 Å². The van der Waals surface area contributed by atoms with Gasteiger partial charge in [-0.15, -0.1) is 0 Å². The van der Waals surface area contributed by atoms with Crippen LogP contribution < -0.4 is 14.8 Å². The van der Waals surface area contributed by atoms with Crippen molar-refractivity contribution in [2.24, 2.45) is 10.9 Å². The first-order valence-corrected chi connectivity index (χ1v) is 12.0. The number of nitrogens with zero attached hydrogens (tertiary/aromatic N) is 4. The summed E-state index contributed by atoms with van der Waals surface area (Å²) < 4.78 is 13.2. The van der Waals surface area contributed by atoms with Gasteiger partial charge in [-0.1, -0.05) is 5.57 Å². The molecule has 1 aromatic carbocycles. The predicted molar refractivity (Wildman–Crippen MR) is 137 cm³/mol. The maximum atomic E-state index is 13.5. The highest BCUT2D eigenvalue weighted by atomic mass is 16.6. The second-order valence-corrected chi connectivity index (χ2v) is 10.1. The maximum absolute atomic E-state index is 13.5. The fourth-order valence-corrected chi connectivity index (χ4v) is 4.48. The number of carbonyl (C=O) groups is 2. The number of dihydropyridines is 1. The molecule has 186 valence electrons. The van der Waals surface area contributed by atoms with Gasteiger partial charge in [0.25, 0.3) is 11.8 Å². The molecule has 0 bridgehead atoms. The summed E-state index contributed by atoms with van der Waals surface area (Å²) in [5.74, 6) is 0.295. The number of carbonyl (C=O) groups excluding carboxylic acids is 2. The Labute approximate surface area is 209 Å². The molecule has 1 N–H and O–H groups in total. The predicted octanol–water partition coefficient (Wildman–Crippen LogP) is 3.92. The van der Waals surface area contributed by atoms with Crippen molar-refractivity contribution >= 4 is 28.6 Å². The van der Waals surface area contributed by atoms with Crippen LogP contribution >= 0.6 is 0 Å². The van der Waals surface area contributed by atoms with E-state index in [9.17, 15) is 9.59 Å². The highest BCUT2D eigenvalue weighted by Gasteiger charge is 2.26. The Morgan fingerprint density at radius 3 is 2.61 bits per heavy atom. The number of allylic oxidation sites excluding steroid dienone is 1. The Morgan fingerprint density at radius 1 is 1.14 bits per heavy atom. The molecule has 0 saturated heterocycles. The first-order chi connectivity index (χ1) is 17.1. The Bertz CT molecular complexity index is 1440. The summed E-state index contributed by atoms with van der Waals surface area (Å²) >= 11 is 0. The van der Waals surface area contributed by atoms with Crippen LogP contribution in [0.3, 0.4) is 0 Å². The molecule has 3 aromatic rings. The fourth-order valence-electron chi connectivity index (χ4n) is 4.48. The van der Waals surface area contributed by atoms with Crippen molar-refractivity contribution in [1.82, 2.24) is 20.1 Å². The van der Waals surface area contributed by atoms with E-state index < -0.39 is 5.92 Å². The average molecular weight is 488 g/mol. The third kappa shape index (κ3) is 4.36. The molecular formula is C27H29N5O4. The number of hydrogen-bond donors (Lipinski definition) is 1. The van der Waals surface area contributed by atoms with Crippen LogP contribution in [0.4, 0.5) is 0 Å². The van der Waals surface area contributed by atoms with E-state index in [1.165, 1.54) is 0 Å². The van der Waals surface area contributed by atoms with E-state index in [1.807, 2.05) is 56.7 Å². The number of ether oxygens (including phenoxy) is 2. The standard InChI is InChI=1S/C27H29N5O4/c1-15-10-16(2)30-26(34)19(15)13-28-25(33)18-12-21(17-6-7-22-23(11-17)36-9-8-35-22)31-24-20(18)14-29-32(24)27(3,4)5/h6-7,10-12,14,19H,8-9,13H2,1-5H3,(H,28,33). The van der Waals surface area contributed by atoms with Crippen LogP contribution in [-0.4, -0.2) is 52.0 Å². The van der Waals surface area contributed by atoms with Crippen molar-refractivity contribution < 1.29 is 19.1 Å². The third-order valence-corrected chi connectivity index (χ3v) is 6.30. The molecule has 5 rings (SSSR count). The third-order valence-electron chi connectivity index (χ3n) is 6.30. The van der Waals surface area contributed by atoms with Crippen LogP contribution in [0.15, 0.2) is 47.1 Å². The molecule has 2 amide bonds. The number of benzene rings is 1. The van der Waals surface area contributed by atoms with Gasteiger partial charge in [0.2, 0.25) is 0 Å². The van der Waals surface area contributed by atoms with Gasteiger partial charge in [-0.2, -0.15) is 5.10 Å². The lowest BCUT2D eigenvalue weighted by atomic mass is 9.95. The van der Waals surface area contributed by atoms with Crippen LogP contribution in [0.1, 0.15) is 45.0 Å². The average Bonchev–Trinajstić information content (AvgIpc) is 3.27. The molecule has 0 spiro atoms. The van der Waals surface area contributed by atoms with Gasteiger partial charge in [0.05, 0.1) is 34.3 Å². The zero-order chi connectivity index (χ0) is 25.6. The number of pyridine rings is 1. The van der Waals surface area contributed by atoms with E-state index in [0.29, 0.717) is 52.7 Å². The lowest BCUT2D eigenvalue weighted by Crippen LogP contribution is -2.34. The summed E-state index contributed by atoms with van der Waals surface area (Å²) in [6.07, 6.45) is 3.54. The summed E-state index contributed by atoms with van der Waals surface area (Å²) in [7, 11) is 0. The molecule has 9 nitrogen and oxygen atoms in total. The van der Waals surface area contributed by atoms with Gasteiger partial charge in [-0.25, -0.2) is 14.7 Å². The van der Waals surface area contributed by atoms with Crippen molar-refractivity contribution in [1.29, 1.82) is 0 Å². The van der Waals surface area contributed by atoms with Gasteiger partial charge in [0, 0.05) is 17.8 Å². The normalized spacial score (nSPS) is 17.6. The van der Waals surface area contributed by atoms with E-state index in [2.05, 4.69) is 15.4 Å². The molecule has 1 atom stereocenters. The van der Waals surface area contributed by atoms with Crippen molar-refractivity contribution in [2.45, 2.75) is 40.2 Å². The molecule has 2 aliphatic heterocycles. The maximum Gasteiger partial charge on any atom is 0.254 e. The first kappa shape index (κ1) is 23.7. The lowest BCUT2D eigenvalue weighted by molar-refractivity contribution is -0.120. The minimum atomic E-state index is -0.482. The van der Waals surface area contributed by atoms with Crippen LogP contribution in [0.25, 0.3) is 22.3 Å². The molecule has 2 aliphatic rings. The van der Waals surface area contributed by atoms with E-state index in [1.54, 1.807) is 19.2 Å². The van der Waals surface area contributed by atoms with Crippen LogP contribution in [0, 0.1) is 5.92 Å². The molecule has 36 heavy (non-hydrogen) atoms. The van der Waals surface area contributed by atoms with Crippen molar-refractivity contribution in [3.8, 4) is 22.8 Å². The van der Waals surface area contributed by atoms with E-state index >= 15 is 0 Å². The summed E-state index contributed by atoms with van der Waals surface area (Å²) in [6, 6.07) is 7.38. The second kappa shape index (κ2) is 8.89. The van der Waals surface area contributed by atoms with Crippen molar-refractivity contribution in [2.75, 3.05) is 19.8 Å². The Kier molecular flexibility index (Phi) is 5.86. The zero-order valence-electron chi connectivity index (χ0n) is 21.1. The minimum Gasteiger partial charge on any atom is -0.486 e. The summed E-state index contributed by atoms with van der Waals surface area (Å²) in [5, 5.41) is 8.12. The molecule has 1 unspecified atom stereocenters. The first-order valence-electron chi connectivity index (χ1n) is 12.0.